The Kier molecular flexibility index (Phi) is 5.38. The van der Waals surface area contributed by atoms with Gasteiger partial charge in [0.15, 0.2) is 0 Å². The number of anilines is 1. The fourth-order valence-corrected chi connectivity index (χ4v) is 2.68. The summed E-state index contributed by atoms with van der Waals surface area (Å²) in [7, 11) is 1.81. The molecule has 0 radical (unpaired) electrons. The first-order chi connectivity index (χ1) is 9.60. The Bertz CT molecular complexity index is 426. The maximum absolute atomic E-state index is 5.42. The van der Waals surface area contributed by atoms with Gasteiger partial charge in [-0.2, -0.15) is 0 Å². The van der Waals surface area contributed by atoms with E-state index in [0.717, 1.165) is 38.3 Å². The molecule has 2 heterocycles. The molecule has 0 atom stereocenters. The number of pyridine rings is 1. The van der Waals surface area contributed by atoms with Gasteiger partial charge in [0, 0.05) is 39.0 Å². The largest absolute Gasteiger partial charge is 0.381 e. The molecule has 112 valence electrons. The summed E-state index contributed by atoms with van der Waals surface area (Å²) in [6.45, 7) is 9.44. The van der Waals surface area contributed by atoms with Crippen LogP contribution >= 0.6 is 0 Å². The van der Waals surface area contributed by atoms with Crippen LogP contribution in [0.2, 0.25) is 0 Å². The molecule has 0 amide bonds. The lowest BCUT2D eigenvalue weighted by atomic mass is 10.1. The van der Waals surface area contributed by atoms with E-state index in [-0.39, 0.29) is 0 Å². The number of rotatable bonds is 5. The first-order valence-electron chi connectivity index (χ1n) is 7.56. The molecule has 1 saturated heterocycles. The molecule has 4 heteroatoms. The van der Waals surface area contributed by atoms with Crippen LogP contribution in [0.3, 0.4) is 0 Å². The number of methoxy groups -OCH3 is 1. The van der Waals surface area contributed by atoms with Crippen molar-refractivity contribution in [1.82, 2.24) is 10.3 Å². The molecular weight excluding hydrogens is 250 g/mol. The van der Waals surface area contributed by atoms with Crippen LogP contribution in [0.4, 0.5) is 5.82 Å². The Labute approximate surface area is 122 Å². The summed E-state index contributed by atoms with van der Waals surface area (Å²) >= 11 is 0. The lowest BCUT2D eigenvalue weighted by molar-refractivity contribution is 0.0818. The number of hydrogen-bond acceptors (Lipinski definition) is 4. The van der Waals surface area contributed by atoms with Gasteiger partial charge in [-0.25, -0.2) is 4.98 Å². The van der Waals surface area contributed by atoms with E-state index in [4.69, 9.17) is 4.74 Å². The van der Waals surface area contributed by atoms with Gasteiger partial charge in [0.1, 0.15) is 5.82 Å². The maximum Gasteiger partial charge on any atom is 0.131 e. The van der Waals surface area contributed by atoms with Gasteiger partial charge in [-0.15, -0.1) is 0 Å². The third-order valence-electron chi connectivity index (χ3n) is 3.90. The highest BCUT2D eigenvalue weighted by molar-refractivity contribution is 5.47. The van der Waals surface area contributed by atoms with Crippen LogP contribution in [0.15, 0.2) is 12.3 Å². The van der Waals surface area contributed by atoms with Crippen molar-refractivity contribution in [3.8, 4) is 0 Å². The molecule has 1 aromatic rings. The molecule has 0 spiro atoms. The van der Waals surface area contributed by atoms with E-state index >= 15 is 0 Å². The summed E-state index contributed by atoms with van der Waals surface area (Å²) in [5, 5.41) is 3.43. The molecule has 20 heavy (non-hydrogen) atoms. The van der Waals surface area contributed by atoms with Crippen molar-refractivity contribution < 1.29 is 4.74 Å². The van der Waals surface area contributed by atoms with Gasteiger partial charge in [0.05, 0.1) is 6.10 Å². The molecule has 0 bridgehead atoms. The van der Waals surface area contributed by atoms with Gasteiger partial charge in [0.2, 0.25) is 0 Å². The number of aromatic nitrogens is 1. The minimum atomic E-state index is 0.418. The molecule has 1 fully saturated rings. The summed E-state index contributed by atoms with van der Waals surface area (Å²) in [4.78, 5) is 7.06. The van der Waals surface area contributed by atoms with Crippen molar-refractivity contribution in [3.05, 3.63) is 23.4 Å². The molecule has 1 aliphatic rings. The molecule has 1 aromatic heterocycles. The predicted octanol–water partition coefficient (Wildman–Crippen LogP) is 2.50. The zero-order valence-corrected chi connectivity index (χ0v) is 13.1. The van der Waals surface area contributed by atoms with Gasteiger partial charge in [-0.05, 0) is 37.0 Å². The summed E-state index contributed by atoms with van der Waals surface area (Å²) in [5.41, 5.74) is 2.52. The average molecular weight is 277 g/mol. The zero-order chi connectivity index (χ0) is 14.5. The minimum Gasteiger partial charge on any atom is -0.381 e. The SMILES string of the molecule is COC1CCN(c2ncc(CNC(C)C)cc2C)CC1. The van der Waals surface area contributed by atoms with Crippen molar-refractivity contribution in [1.29, 1.82) is 0 Å². The van der Waals surface area contributed by atoms with Gasteiger partial charge < -0.3 is 15.0 Å². The smallest absolute Gasteiger partial charge is 0.131 e. The van der Waals surface area contributed by atoms with Crippen LogP contribution in [0.5, 0.6) is 0 Å². The van der Waals surface area contributed by atoms with Crippen molar-refractivity contribution in [2.75, 3.05) is 25.1 Å². The Morgan fingerprint density at radius 1 is 1.40 bits per heavy atom. The molecule has 0 saturated carbocycles. The first-order valence-corrected chi connectivity index (χ1v) is 7.56. The summed E-state index contributed by atoms with van der Waals surface area (Å²) in [6.07, 6.45) is 4.60. The maximum atomic E-state index is 5.42. The van der Waals surface area contributed by atoms with E-state index in [1.165, 1.54) is 11.1 Å². The zero-order valence-electron chi connectivity index (χ0n) is 13.1. The van der Waals surface area contributed by atoms with E-state index in [1.54, 1.807) is 7.11 Å². The topological polar surface area (TPSA) is 37.4 Å². The first kappa shape index (κ1) is 15.3. The predicted molar refractivity (Wildman–Crippen MR) is 83.2 cm³/mol. The monoisotopic (exact) mass is 277 g/mol. The van der Waals surface area contributed by atoms with Crippen LogP contribution in [0.25, 0.3) is 0 Å². The molecule has 0 unspecified atom stereocenters. The molecular formula is C16H27N3O. The fraction of sp³-hybridized carbons (Fsp3) is 0.688. The second-order valence-electron chi connectivity index (χ2n) is 5.94. The third kappa shape index (κ3) is 3.93. The van der Waals surface area contributed by atoms with Crippen molar-refractivity contribution >= 4 is 5.82 Å². The van der Waals surface area contributed by atoms with Crippen LogP contribution in [-0.2, 0) is 11.3 Å². The Balaban J connectivity index is 1.99. The van der Waals surface area contributed by atoms with Crippen molar-refractivity contribution in [3.63, 3.8) is 0 Å². The molecule has 1 N–H and O–H groups in total. The second kappa shape index (κ2) is 7.04. The van der Waals surface area contributed by atoms with Gasteiger partial charge in [0.25, 0.3) is 0 Å². The fourth-order valence-electron chi connectivity index (χ4n) is 2.68. The highest BCUT2D eigenvalue weighted by atomic mass is 16.5. The lowest BCUT2D eigenvalue weighted by Crippen LogP contribution is -2.37. The number of nitrogens with zero attached hydrogens (tertiary/aromatic N) is 2. The molecule has 2 rings (SSSR count). The Morgan fingerprint density at radius 2 is 2.10 bits per heavy atom. The Morgan fingerprint density at radius 3 is 2.65 bits per heavy atom. The molecule has 0 aliphatic carbocycles. The van der Waals surface area contributed by atoms with Crippen LogP contribution in [0.1, 0.15) is 37.8 Å². The van der Waals surface area contributed by atoms with Gasteiger partial charge in [-0.3, -0.25) is 0 Å². The number of nitrogens with one attached hydrogen (secondary N) is 1. The van der Waals surface area contributed by atoms with Gasteiger partial charge >= 0.3 is 0 Å². The summed E-state index contributed by atoms with van der Waals surface area (Å²) in [5.74, 6) is 1.13. The lowest BCUT2D eigenvalue weighted by Gasteiger charge is -2.33. The highest BCUT2D eigenvalue weighted by Crippen LogP contribution is 2.23. The van der Waals surface area contributed by atoms with Crippen LogP contribution < -0.4 is 10.2 Å². The number of ether oxygens (including phenoxy) is 1. The molecule has 4 nitrogen and oxygen atoms in total. The number of hydrogen-bond donors (Lipinski definition) is 1. The average Bonchev–Trinajstić information content (AvgIpc) is 2.45. The van der Waals surface area contributed by atoms with E-state index < -0.39 is 0 Å². The molecule has 1 aliphatic heterocycles. The number of piperidine rings is 1. The van der Waals surface area contributed by atoms with Crippen LogP contribution in [0, 0.1) is 6.92 Å². The molecule has 0 aromatic carbocycles. The summed E-state index contributed by atoms with van der Waals surface area (Å²) in [6, 6.07) is 2.75. The standard InChI is InChI=1S/C16H27N3O/c1-12(2)17-10-14-9-13(3)16(18-11-14)19-7-5-15(20-4)6-8-19/h9,11-12,15,17H,5-8,10H2,1-4H3. The minimum absolute atomic E-state index is 0.418. The van der Waals surface area contributed by atoms with Crippen molar-refractivity contribution in [2.45, 2.75) is 52.3 Å². The van der Waals surface area contributed by atoms with Crippen LogP contribution in [-0.4, -0.2) is 37.3 Å². The van der Waals surface area contributed by atoms with Crippen molar-refractivity contribution in [2.24, 2.45) is 0 Å². The second-order valence-corrected chi connectivity index (χ2v) is 5.94. The van der Waals surface area contributed by atoms with E-state index in [9.17, 15) is 0 Å². The third-order valence-corrected chi connectivity index (χ3v) is 3.90. The quantitative estimate of drug-likeness (QED) is 0.897. The highest BCUT2D eigenvalue weighted by Gasteiger charge is 2.20. The number of aryl methyl sites for hydroxylation is 1. The van der Waals surface area contributed by atoms with E-state index in [1.807, 2.05) is 6.20 Å². The Hall–Kier alpha value is -1.13. The normalized spacial score (nSPS) is 16.9. The summed E-state index contributed by atoms with van der Waals surface area (Å²) < 4.78 is 5.42. The van der Waals surface area contributed by atoms with Gasteiger partial charge in [-0.1, -0.05) is 13.8 Å². The van der Waals surface area contributed by atoms with E-state index in [0.29, 0.717) is 12.1 Å². The van der Waals surface area contributed by atoms with E-state index in [2.05, 4.69) is 42.0 Å².